The lowest BCUT2D eigenvalue weighted by Gasteiger charge is -2.10. The maximum Gasteiger partial charge on any atom is 0.274 e. The molecule has 4 rings (SSSR count). The predicted octanol–water partition coefficient (Wildman–Crippen LogP) is 3.53. The highest BCUT2D eigenvalue weighted by molar-refractivity contribution is 7.99. The number of aromatic nitrogens is 3. The van der Waals surface area contributed by atoms with Crippen molar-refractivity contribution in [3.63, 3.8) is 0 Å². The Bertz CT molecular complexity index is 1320. The Morgan fingerprint density at radius 1 is 1.16 bits per heavy atom. The van der Waals surface area contributed by atoms with Gasteiger partial charge in [-0.25, -0.2) is 4.98 Å². The summed E-state index contributed by atoms with van der Waals surface area (Å²) in [6, 6.07) is 13.1. The van der Waals surface area contributed by atoms with Crippen molar-refractivity contribution < 1.29 is 9.59 Å². The van der Waals surface area contributed by atoms with Crippen LogP contribution in [0.5, 0.6) is 0 Å². The van der Waals surface area contributed by atoms with Crippen LogP contribution in [-0.2, 0) is 18.4 Å². The number of amides is 2. The fourth-order valence-corrected chi connectivity index (χ4v) is 5.13. The van der Waals surface area contributed by atoms with Crippen molar-refractivity contribution in [3.8, 4) is 11.1 Å². The summed E-state index contributed by atoms with van der Waals surface area (Å²) < 4.78 is 3.21. The van der Waals surface area contributed by atoms with Gasteiger partial charge in [-0.2, -0.15) is 0 Å². The molecule has 0 atom stereocenters. The maximum atomic E-state index is 13.2. The summed E-state index contributed by atoms with van der Waals surface area (Å²) in [5.74, 6) is -0.921. The van der Waals surface area contributed by atoms with Crippen LogP contribution in [0.3, 0.4) is 0 Å². The topological polar surface area (TPSA) is 86.0 Å². The summed E-state index contributed by atoms with van der Waals surface area (Å²) >= 11 is 2.55. The van der Waals surface area contributed by atoms with Crippen molar-refractivity contribution in [2.45, 2.75) is 18.6 Å². The van der Waals surface area contributed by atoms with E-state index in [-0.39, 0.29) is 11.3 Å². The Kier molecular flexibility index (Phi) is 6.06. The van der Waals surface area contributed by atoms with Crippen LogP contribution in [-0.4, -0.2) is 31.7 Å². The van der Waals surface area contributed by atoms with Crippen molar-refractivity contribution in [1.82, 2.24) is 19.4 Å². The lowest BCUT2D eigenvalue weighted by atomic mass is 10.1. The smallest absolute Gasteiger partial charge is 0.274 e. The van der Waals surface area contributed by atoms with Crippen LogP contribution < -0.4 is 10.9 Å². The summed E-state index contributed by atoms with van der Waals surface area (Å²) in [5, 5.41) is 5.36. The summed E-state index contributed by atoms with van der Waals surface area (Å²) in [6.45, 7) is 2.30. The lowest BCUT2D eigenvalue weighted by molar-refractivity contribution is -0.117. The van der Waals surface area contributed by atoms with Gasteiger partial charge in [-0.1, -0.05) is 42.1 Å². The van der Waals surface area contributed by atoms with Gasteiger partial charge in [-0.05, 0) is 24.6 Å². The van der Waals surface area contributed by atoms with E-state index in [1.54, 1.807) is 34.5 Å². The Morgan fingerprint density at radius 2 is 1.94 bits per heavy atom. The molecule has 31 heavy (non-hydrogen) atoms. The van der Waals surface area contributed by atoms with Crippen molar-refractivity contribution in [2.75, 3.05) is 5.75 Å². The third-order valence-corrected chi connectivity index (χ3v) is 6.67. The minimum Gasteiger partial charge on any atom is -0.347 e. The van der Waals surface area contributed by atoms with Crippen LogP contribution in [0.15, 0.2) is 64.0 Å². The monoisotopic (exact) mass is 452 g/mol. The first-order valence-electron chi connectivity index (χ1n) is 9.65. The van der Waals surface area contributed by atoms with E-state index in [1.165, 1.54) is 11.3 Å². The molecular formula is C22H20N4O3S2. The number of rotatable bonds is 6. The number of thioether (sulfide) groups is 1. The largest absolute Gasteiger partial charge is 0.347 e. The maximum absolute atomic E-state index is 13.2. The van der Waals surface area contributed by atoms with Crippen LogP contribution in [0.1, 0.15) is 17.4 Å². The zero-order chi connectivity index (χ0) is 22.0. The summed E-state index contributed by atoms with van der Waals surface area (Å²) in [7, 11) is 1.73. The van der Waals surface area contributed by atoms with Gasteiger partial charge >= 0.3 is 0 Å². The number of fused-ring (bicyclic) bond motifs is 1. The standard InChI is InChI=1S/C22H20N4O3S2/c1-3-26-21(29)18-15(14-8-5-4-6-9-14)12-30-20(18)24-22(26)31-13-17(27)23-19(28)16-10-7-11-25(16)2/h4-12H,3,13H2,1-2H3,(H,23,27,28). The molecule has 0 spiro atoms. The fourth-order valence-electron chi connectivity index (χ4n) is 3.28. The van der Waals surface area contributed by atoms with E-state index in [0.29, 0.717) is 27.6 Å². The van der Waals surface area contributed by atoms with E-state index in [4.69, 9.17) is 0 Å². The summed E-state index contributed by atoms with van der Waals surface area (Å²) in [4.78, 5) is 43.0. The molecule has 0 unspecified atom stereocenters. The second kappa shape index (κ2) is 8.91. The molecule has 1 N–H and O–H groups in total. The first-order valence-corrected chi connectivity index (χ1v) is 11.5. The Balaban J connectivity index is 1.57. The highest BCUT2D eigenvalue weighted by atomic mass is 32.2. The molecule has 4 aromatic rings. The second-order valence-electron chi connectivity index (χ2n) is 6.81. The molecule has 0 aliphatic rings. The molecular weight excluding hydrogens is 432 g/mol. The second-order valence-corrected chi connectivity index (χ2v) is 8.61. The minimum absolute atomic E-state index is 0.0228. The Hall–Kier alpha value is -3.17. The number of benzene rings is 1. The van der Waals surface area contributed by atoms with Gasteiger partial charge in [-0.3, -0.25) is 24.3 Å². The van der Waals surface area contributed by atoms with E-state index in [2.05, 4.69) is 10.3 Å². The van der Waals surface area contributed by atoms with Crippen molar-refractivity contribution in [1.29, 1.82) is 0 Å². The van der Waals surface area contributed by atoms with Gasteiger partial charge in [0.25, 0.3) is 11.5 Å². The van der Waals surface area contributed by atoms with E-state index in [9.17, 15) is 14.4 Å². The fraction of sp³-hybridized carbons (Fsp3) is 0.182. The van der Waals surface area contributed by atoms with Crippen molar-refractivity contribution in [3.05, 3.63) is 70.1 Å². The number of nitrogens with one attached hydrogen (secondary N) is 1. The lowest BCUT2D eigenvalue weighted by Crippen LogP contribution is -2.33. The molecule has 1 aromatic carbocycles. The predicted molar refractivity (Wildman–Crippen MR) is 124 cm³/mol. The van der Waals surface area contributed by atoms with Crippen molar-refractivity contribution >= 4 is 45.1 Å². The molecule has 0 saturated carbocycles. The molecule has 0 aliphatic heterocycles. The van der Waals surface area contributed by atoms with Gasteiger partial charge in [0, 0.05) is 30.7 Å². The molecule has 0 aliphatic carbocycles. The van der Waals surface area contributed by atoms with Crippen LogP contribution >= 0.6 is 23.1 Å². The number of imide groups is 1. The van der Waals surface area contributed by atoms with Gasteiger partial charge in [0.1, 0.15) is 10.5 Å². The number of thiophene rings is 1. The molecule has 0 fully saturated rings. The van der Waals surface area contributed by atoms with Crippen LogP contribution in [0.2, 0.25) is 0 Å². The highest BCUT2D eigenvalue weighted by Crippen LogP contribution is 2.32. The van der Waals surface area contributed by atoms with Crippen LogP contribution in [0.4, 0.5) is 0 Å². The van der Waals surface area contributed by atoms with Gasteiger partial charge in [0.05, 0.1) is 11.1 Å². The summed E-state index contributed by atoms with van der Waals surface area (Å²) in [5.41, 5.74) is 2.10. The molecule has 3 heterocycles. The Labute approximate surface area is 186 Å². The first kappa shape index (κ1) is 21.1. The quantitative estimate of drug-likeness (QED) is 0.357. The zero-order valence-electron chi connectivity index (χ0n) is 17.0. The third kappa shape index (κ3) is 4.19. The van der Waals surface area contributed by atoms with E-state index >= 15 is 0 Å². The number of carbonyl (C=O) groups is 2. The number of carbonyl (C=O) groups excluding carboxylic acids is 2. The van der Waals surface area contributed by atoms with E-state index in [1.807, 2.05) is 42.6 Å². The van der Waals surface area contributed by atoms with Gasteiger partial charge in [-0.15, -0.1) is 11.3 Å². The first-order chi connectivity index (χ1) is 15.0. The van der Waals surface area contributed by atoms with E-state index < -0.39 is 11.8 Å². The van der Waals surface area contributed by atoms with Gasteiger partial charge in [0.2, 0.25) is 5.91 Å². The average molecular weight is 453 g/mol. The Morgan fingerprint density at radius 3 is 2.61 bits per heavy atom. The average Bonchev–Trinajstić information content (AvgIpc) is 3.39. The minimum atomic E-state index is -0.458. The highest BCUT2D eigenvalue weighted by Gasteiger charge is 2.18. The molecule has 7 nitrogen and oxygen atoms in total. The number of hydrogen-bond donors (Lipinski definition) is 1. The molecule has 9 heteroatoms. The summed E-state index contributed by atoms with van der Waals surface area (Å²) in [6.07, 6.45) is 1.73. The molecule has 0 bridgehead atoms. The van der Waals surface area contributed by atoms with E-state index in [0.717, 1.165) is 22.9 Å². The molecule has 3 aromatic heterocycles. The molecule has 0 radical (unpaired) electrons. The number of nitrogens with zero attached hydrogens (tertiary/aromatic N) is 3. The number of aryl methyl sites for hydroxylation is 1. The zero-order valence-corrected chi connectivity index (χ0v) is 18.6. The number of hydrogen-bond acceptors (Lipinski definition) is 6. The van der Waals surface area contributed by atoms with Crippen molar-refractivity contribution in [2.24, 2.45) is 7.05 Å². The normalized spacial score (nSPS) is 11.0. The SMILES string of the molecule is CCn1c(SCC(=O)NC(=O)c2cccn2C)nc2scc(-c3ccccc3)c2c1=O. The van der Waals surface area contributed by atoms with Gasteiger partial charge in [0.15, 0.2) is 5.16 Å². The molecule has 0 saturated heterocycles. The molecule has 158 valence electrons. The third-order valence-electron chi connectivity index (χ3n) is 4.82. The van der Waals surface area contributed by atoms with Crippen LogP contribution in [0.25, 0.3) is 21.3 Å². The van der Waals surface area contributed by atoms with Gasteiger partial charge < -0.3 is 4.57 Å². The van der Waals surface area contributed by atoms with Crippen LogP contribution in [0, 0.1) is 0 Å². The molecule has 2 amide bonds.